The van der Waals surface area contributed by atoms with Crippen molar-refractivity contribution in [2.75, 3.05) is 12.3 Å². The molecule has 2 rings (SSSR count). The lowest BCUT2D eigenvalue weighted by Crippen LogP contribution is -2.49. The van der Waals surface area contributed by atoms with Gasteiger partial charge in [0.15, 0.2) is 6.61 Å². The van der Waals surface area contributed by atoms with Crippen molar-refractivity contribution >= 4 is 23.3 Å². The Hall–Kier alpha value is -2.64. The van der Waals surface area contributed by atoms with E-state index < -0.39 is 10.9 Å². The van der Waals surface area contributed by atoms with Gasteiger partial charge in [0.2, 0.25) is 0 Å². The first-order chi connectivity index (χ1) is 11.3. The van der Waals surface area contributed by atoms with E-state index in [4.69, 9.17) is 10.5 Å². The lowest BCUT2D eigenvalue weighted by Gasteiger charge is -2.38. The predicted molar refractivity (Wildman–Crippen MR) is 87.4 cm³/mol. The summed E-state index contributed by atoms with van der Waals surface area (Å²) in [6.07, 6.45) is 2.93. The second kappa shape index (κ2) is 7.29. The number of ether oxygens (including phenoxy) is 1. The molecule has 1 aliphatic heterocycles. The molecule has 8 heteroatoms. The molecule has 8 nitrogen and oxygen atoms in total. The average molecular weight is 335 g/mol. The third kappa shape index (κ3) is 3.81. The van der Waals surface area contributed by atoms with E-state index in [0.29, 0.717) is 0 Å². The SMILES string of the molecule is CC1CCCC(C)N1C(=O)COC(=O)c1ccc([N+](=O)[O-])cc1N. The molecule has 1 saturated heterocycles. The van der Waals surface area contributed by atoms with Crippen LogP contribution in [0.5, 0.6) is 0 Å². The van der Waals surface area contributed by atoms with Gasteiger partial charge in [-0.3, -0.25) is 14.9 Å². The van der Waals surface area contributed by atoms with Crippen LogP contribution in [0.3, 0.4) is 0 Å². The standard InChI is InChI=1S/C16H21N3O5/c1-10-4-3-5-11(2)18(10)15(20)9-24-16(21)13-7-6-12(19(22)23)8-14(13)17/h6-8,10-11H,3-5,9,17H2,1-2H3. The molecule has 130 valence electrons. The van der Waals surface area contributed by atoms with Crippen molar-refractivity contribution in [1.29, 1.82) is 0 Å². The molecule has 1 amide bonds. The molecule has 2 N–H and O–H groups in total. The summed E-state index contributed by atoms with van der Waals surface area (Å²) < 4.78 is 5.04. The highest BCUT2D eigenvalue weighted by atomic mass is 16.6. The maximum atomic E-state index is 12.3. The summed E-state index contributed by atoms with van der Waals surface area (Å²) >= 11 is 0. The number of amides is 1. The number of rotatable bonds is 4. The van der Waals surface area contributed by atoms with Crippen LogP contribution < -0.4 is 5.73 Å². The van der Waals surface area contributed by atoms with Crippen molar-refractivity contribution in [1.82, 2.24) is 4.90 Å². The molecule has 1 aliphatic rings. The van der Waals surface area contributed by atoms with E-state index in [0.717, 1.165) is 25.3 Å². The van der Waals surface area contributed by atoms with Crippen molar-refractivity contribution < 1.29 is 19.2 Å². The van der Waals surface area contributed by atoms with Crippen molar-refractivity contribution in [2.45, 2.75) is 45.2 Å². The van der Waals surface area contributed by atoms with E-state index in [-0.39, 0.29) is 41.5 Å². The molecule has 2 unspecified atom stereocenters. The molecular formula is C16H21N3O5. The fourth-order valence-corrected chi connectivity index (χ4v) is 3.04. The van der Waals surface area contributed by atoms with Gasteiger partial charge in [0.1, 0.15) is 0 Å². The summed E-state index contributed by atoms with van der Waals surface area (Å²) in [5.41, 5.74) is 5.39. The summed E-state index contributed by atoms with van der Waals surface area (Å²) in [5, 5.41) is 10.7. The van der Waals surface area contributed by atoms with Gasteiger partial charge in [0, 0.05) is 24.2 Å². The van der Waals surface area contributed by atoms with Crippen LogP contribution in [-0.2, 0) is 9.53 Å². The van der Waals surface area contributed by atoms with Crippen molar-refractivity contribution in [3.8, 4) is 0 Å². The monoisotopic (exact) mass is 335 g/mol. The second-order valence-corrected chi connectivity index (χ2v) is 6.03. The van der Waals surface area contributed by atoms with Gasteiger partial charge in [-0.1, -0.05) is 0 Å². The molecule has 1 fully saturated rings. The van der Waals surface area contributed by atoms with Crippen LogP contribution in [0, 0.1) is 10.1 Å². The Kier molecular flexibility index (Phi) is 5.38. The maximum absolute atomic E-state index is 12.3. The maximum Gasteiger partial charge on any atom is 0.340 e. The van der Waals surface area contributed by atoms with Gasteiger partial charge in [-0.15, -0.1) is 0 Å². The van der Waals surface area contributed by atoms with Gasteiger partial charge in [-0.2, -0.15) is 0 Å². The van der Waals surface area contributed by atoms with Crippen LogP contribution in [0.1, 0.15) is 43.5 Å². The molecule has 0 saturated carbocycles. The summed E-state index contributed by atoms with van der Waals surface area (Å²) in [7, 11) is 0. The molecule has 0 aliphatic carbocycles. The topological polar surface area (TPSA) is 116 Å². The van der Waals surface area contributed by atoms with Gasteiger partial charge in [-0.05, 0) is 39.2 Å². The zero-order chi connectivity index (χ0) is 17.9. The lowest BCUT2D eigenvalue weighted by molar-refractivity contribution is -0.384. The minimum Gasteiger partial charge on any atom is -0.452 e. The fraction of sp³-hybridized carbons (Fsp3) is 0.500. The molecule has 0 spiro atoms. The average Bonchev–Trinajstić information content (AvgIpc) is 2.52. The smallest absolute Gasteiger partial charge is 0.340 e. The normalized spacial score (nSPS) is 20.5. The number of nitro benzene ring substituents is 1. The molecule has 1 aromatic carbocycles. The molecule has 2 atom stereocenters. The Bertz CT molecular complexity index is 651. The number of esters is 1. The van der Waals surface area contributed by atoms with Gasteiger partial charge in [-0.25, -0.2) is 4.79 Å². The van der Waals surface area contributed by atoms with Crippen molar-refractivity contribution in [2.24, 2.45) is 0 Å². The van der Waals surface area contributed by atoms with Gasteiger partial charge >= 0.3 is 5.97 Å². The van der Waals surface area contributed by atoms with Gasteiger partial charge in [0.05, 0.1) is 16.2 Å². The van der Waals surface area contributed by atoms with E-state index in [1.165, 1.54) is 12.1 Å². The number of likely N-dealkylation sites (tertiary alicyclic amines) is 1. The lowest BCUT2D eigenvalue weighted by atomic mass is 9.97. The minimum absolute atomic E-state index is 0.00754. The number of anilines is 1. The third-order valence-corrected chi connectivity index (χ3v) is 4.27. The van der Waals surface area contributed by atoms with E-state index >= 15 is 0 Å². The van der Waals surface area contributed by atoms with Crippen LogP contribution in [0.4, 0.5) is 11.4 Å². The van der Waals surface area contributed by atoms with Crippen molar-refractivity contribution in [3.63, 3.8) is 0 Å². The van der Waals surface area contributed by atoms with E-state index in [1.54, 1.807) is 4.90 Å². The van der Waals surface area contributed by atoms with Crippen LogP contribution in [0.2, 0.25) is 0 Å². The number of carbonyl (C=O) groups excluding carboxylic acids is 2. The van der Waals surface area contributed by atoms with Crippen LogP contribution in [-0.4, -0.2) is 40.4 Å². The summed E-state index contributed by atoms with van der Waals surface area (Å²) in [6, 6.07) is 3.72. The Morgan fingerprint density at radius 2 is 1.96 bits per heavy atom. The highest BCUT2D eigenvalue weighted by molar-refractivity contribution is 5.96. The molecule has 0 aromatic heterocycles. The number of hydrogen-bond donors (Lipinski definition) is 1. The van der Waals surface area contributed by atoms with E-state index in [1.807, 2.05) is 13.8 Å². The van der Waals surface area contributed by atoms with Crippen LogP contribution in [0.15, 0.2) is 18.2 Å². The first-order valence-corrected chi connectivity index (χ1v) is 7.83. The quantitative estimate of drug-likeness (QED) is 0.390. The summed E-state index contributed by atoms with van der Waals surface area (Å²) in [5.74, 6) is -1.02. The number of piperidine rings is 1. The Balaban J connectivity index is 2.00. The number of nitrogens with two attached hydrogens (primary N) is 1. The number of nitrogens with zero attached hydrogens (tertiary/aromatic N) is 2. The number of hydrogen-bond acceptors (Lipinski definition) is 6. The highest BCUT2D eigenvalue weighted by Crippen LogP contribution is 2.23. The molecule has 1 aromatic rings. The van der Waals surface area contributed by atoms with E-state index in [2.05, 4.69) is 0 Å². The Morgan fingerprint density at radius 1 is 1.33 bits per heavy atom. The molecule has 1 heterocycles. The Labute approximate surface area is 139 Å². The fourth-order valence-electron chi connectivity index (χ4n) is 3.04. The minimum atomic E-state index is -0.770. The van der Waals surface area contributed by atoms with Gasteiger partial charge < -0.3 is 15.4 Å². The number of nitrogen functional groups attached to an aromatic ring is 1. The Morgan fingerprint density at radius 3 is 2.50 bits per heavy atom. The molecular weight excluding hydrogens is 314 g/mol. The van der Waals surface area contributed by atoms with E-state index in [9.17, 15) is 19.7 Å². The first kappa shape index (κ1) is 17.7. The number of non-ortho nitro benzene ring substituents is 1. The predicted octanol–water partition coefficient (Wildman–Crippen LogP) is 2.12. The largest absolute Gasteiger partial charge is 0.452 e. The zero-order valence-corrected chi connectivity index (χ0v) is 13.7. The number of benzene rings is 1. The summed E-state index contributed by atoms with van der Waals surface area (Å²) in [6.45, 7) is 3.58. The molecule has 24 heavy (non-hydrogen) atoms. The van der Waals surface area contributed by atoms with Crippen molar-refractivity contribution in [3.05, 3.63) is 33.9 Å². The third-order valence-electron chi connectivity index (χ3n) is 4.27. The molecule has 0 bridgehead atoms. The highest BCUT2D eigenvalue weighted by Gasteiger charge is 2.29. The van der Waals surface area contributed by atoms with Gasteiger partial charge in [0.25, 0.3) is 11.6 Å². The number of carbonyl (C=O) groups is 2. The van der Waals surface area contributed by atoms with Crippen LogP contribution in [0.25, 0.3) is 0 Å². The second-order valence-electron chi connectivity index (χ2n) is 6.03. The summed E-state index contributed by atoms with van der Waals surface area (Å²) in [4.78, 5) is 36.2. The first-order valence-electron chi connectivity index (χ1n) is 7.83. The van der Waals surface area contributed by atoms with Crippen LogP contribution >= 0.6 is 0 Å². The zero-order valence-electron chi connectivity index (χ0n) is 13.7. The molecule has 0 radical (unpaired) electrons. The number of nitro groups is 1.